The molecule has 2 aromatic rings. The number of hydrogen-bond donors (Lipinski definition) is 4. The molecule has 1 unspecified atom stereocenters. The van der Waals surface area contributed by atoms with Gasteiger partial charge in [-0.25, -0.2) is 0 Å². The zero-order chi connectivity index (χ0) is 21.8. The molecule has 7 heteroatoms. The van der Waals surface area contributed by atoms with E-state index in [1.165, 1.54) is 24.6 Å². The Morgan fingerprint density at radius 3 is 2.81 bits per heavy atom. The quantitative estimate of drug-likeness (QED) is 0.517. The van der Waals surface area contributed by atoms with Crippen molar-refractivity contribution in [3.63, 3.8) is 0 Å². The van der Waals surface area contributed by atoms with Gasteiger partial charge >= 0.3 is 0 Å². The predicted molar refractivity (Wildman–Crippen MR) is 119 cm³/mol. The number of aliphatic hydroxyl groups excluding tert-OH is 2. The lowest BCUT2D eigenvalue weighted by molar-refractivity contribution is -0.192. The highest BCUT2D eigenvalue weighted by Crippen LogP contribution is 2.33. The monoisotopic (exact) mass is 429 g/mol. The van der Waals surface area contributed by atoms with E-state index in [-0.39, 0.29) is 12.5 Å². The fourth-order valence-corrected chi connectivity index (χ4v) is 5.21. The van der Waals surface area contributed by atoms with E-state index in [9.17, 15) is 15.0 Å². The Bertz CT molecular complexity index is 861. The summed E-state index contributed by atoms with van der Waals surface area (Å²) >= 11 is 0. The second kappa shape index (κ2) is 10.1. The van der Waals surface area contributed by atoms with Crippen molar-refractivity contribution in [2.45, 2.75) is 63.7 Å². The van der Waals surface area contributed by atoms with Crippen molar-refractivity contribution in [1.82, 2.24) is 15.4 Å². The molecule has 2 fully saturated rings. The van der Waals surface area contributed by atoms with Gasteiger partial charge in [0.25, 0.3) is 0 Å². The van der Waals surface area contributed by atoms with Crippen molar-refractivity contribution in [2.75, 3.05) is 19.7 Å². The number of hydroxylamine groups is 2. The highest BCUT2D eigenvalue weighted by Gasteiger charge is 2.49. The van der Waals surface area contributed by atoms with Gasteiger partial charge in [-0.15, -0.1) is 0 Å². The van der Waals surface area contributed by atoms with Crippen molar-refractivity contribution < 1.29 is 19.8 Å². The molecule has 7 nitrogen and oxygen atoms in total. The standard InChI is InChI=1S/C24H35N3O4/c1-16(29)23-20(15-28)22(27(31-23)14-17-7-3-2-4-8-17)24(30)25-12-11-18-13-26-21-10-6-5-9-19(18)21/h5-6,9-10,13,16-17,20,22-23,26,28-29H,2-4,7-8,11-12,14-15H2,1H3,(H,25,30)/t16?,20-,22-,23-/m0/s1. The first-order valence-corrected chi connectivity index (χ1v) is 11.6. The molecule has 1 aromatic heterocycles. The average molecular weight is 430 g/mol. The Morgan fingerprint density at radius 1 is 1.29 bits per heavy atom. The van der Waals surface area contributed by atoms with Gasteiger partial charge in [0.05, 0.1) is 12.7 Å². The van der Waals surface area contributed by atoms with Crippen LogP contribution >= 0.6 is 0 Å². The molecule has 1 amide bonds. The Morgan fingerprint density at radius 2 is 2.06 bits per heavy atom. The number of para-hydroxylation sites is 1. The average Bonchev–Trinajstić information content (AvgIpc) is 3.36. The van der Waals surface area contributed by atoms with Gasteiger partial charge in [0, 0.05) is 36.1 Å². The van der Waals surface area contributed by atoms with Crippen molar-refractivity contribution in [3.8, 4) is 0 Å². The molecule has 2 aliphatic rings. The summed E-state index contributed by atoms with van der Waals surface area (Å²) in [6, 6.07) is 7.54. The second-order valence-corrected chi connectivity index (χ2v) is 9.11. The topological polar surface area (TPSA) is 97.8 Å². The molecule has 4 rings (SSSR count). The first-order valence-electron chi connectivity index (χ1n) is 11.6. The number of H-pyrrole nitrogens is 1. The van der Waals surface area contributed by atoms with Crippen LogP contribution < -0.4 is 5.32 Å². The van der Waals surface area contributed by atoms with Crippen LogP contribution in [-0.4, -0.2) is 64.1 Å². The van der Waals surface area contributed by atoms with Crippen molar-refractivity contribution >= 4 is 16.8 Å². The number of fused-ring (bicyclic) bond motifs is 1. The third-order valence-electron chi connectivity index (χ3n) is 6.88. The number of nitrogens with zero attached hydrogens (tertiary/aromatic N) is 1. The van der Waals surface area contributed by atoms with E-state index in [0.717, 1.165) is 30.3 Å². The van der Waals surface area contributed by atoms with E-state index >= 15 is 0 Å². The smallest absolute Gasteiger partial charge is 0.240 e. The fourth-order valence-electron chi connectivity index (χ4n) is 5.21. The minimum Gasteiger partial charge on any atom is -0.396 e. The minimum absolute atomic E-state index is 0.141. The van der Waals surface area contributed by atoms with Gasteiger partial charge in [0.2, 0.25) is 5.91 Å². The number of rotatable bonds is 8. The van der Waals surface area contributed by atoms with Crippen LogP contribution in [-0.2, 0) is 16.1 Å². The normalized spacial score (nSPS) is 26.4. The summed E-state index contributed by atoms with van der Waals surface area (Å²) in [7, 11) is 0. The van der Waals surface area contributed by atoms with E-state index in [0.29, 0.717) is 19.0 Å². The molecule has 31 heavy (non-hydrogen) atoms. The lowest BCUT2D eigenvalue weighted by atomic mass is 9.88. The number of amides is 1. The molecule has 0 bridgehead atoms. The van der Waals surface area contributed by atoms with Gasteiger partial charge in [-0.05, 0) is 43.7 Å². The van der Waals surface area contributed by atoms with E-state index in [1.807, 2.05) is 24.4 Å². The largest absolute Gasteiger partial charge is 0.396 e. The number of nitrogens with one attached hydrogen (secondary N) is 2. The summed E-state index contributed by atoms with van der Waals surface area (Å²) in [4.78, 5) is 22.5. The SMILES string of the molecule is CC(O)[C@@H]1ON(CC2CCCCC2)[C@H](C(=O)NCCc2c[nH]c3ccccc23)[C@@H]1CO. The molecule has 4 atom stereocenters. The number of carbonyl (C=O) groups excluding carboxylic acids is 1. The Kier molecular flexibility index (Phi) is 7.27. The highest BCUT2D eigenvalue weighted by atomic mass is 16.7. The molecule has 1 saturated heterocycles. The molecule has 2 heterocycles. The van der Waals surface area contributed by atoms with Gasteiger partial charge in [0.1, 0.15) is 12.1 Å². The lowest BCUT2D eigenvalue weighted by Crippen LogP contribution is -2.49. The first-order chi connectivity index (χ1) is 15.1. The van der Waals surface area contributed by atoms with Crippen molar-refractivity contribution in [1.29, 1.82) is 0 Å². The van der Waals surface area contributed by atoms with Gasteiger partial charge < -0.3 is 20.5 Å². The molecular weight excluding hydrogens is 394 g/mol. The van der Waals surface area contributed by atoms with Gasteiger partial charge in [-0.3, -0.25) is 9.63 Å². The van der Waals surface area contributed by atoms with Crippen LogP contribution in [0.1, 0.15) is 44.6 Å². The molecule has 0 spiro atoms. The Balaban J connectivity index is 1.41. The predicted octanol–water partition coefficient (Wildman–Crippen LogP) is 2.38. The maximum absolute atomic E-state index is 13.2. The number of aromatic amines is 1. The number of hydrogen-bond acceptors (Lipinski definition) is 5. The molecule has 0 radical (unpaired) electrons. The highest BCUT2D eigenvalue weighted by molar-refractivity contribution is 5.84. The summed E-state index contributed by atoms with van der Waals surface area (Å²) in [5.74, 6) is -0.100. The van der Waals surface area contributed by atoms with Crippen LogP contribution in [0.15, 0.2) is 30.5 Å². The molecule has 4 N–H and O–H groups in total. The molecule has 1 aliphatic heterocycles. The Hall–Kier alpha value is -1.93. The zero-order valence-electron chi connectivity index (χ0n) is 18.3. The molecule has 1 aromatic carbocycles. The summed E-state index contributed by atoms with van der Waals surface area (Å²) in [6.07, 6.45) is 7.35. The minimum atomic E-state index is -0.755. The third-order valence-corrected chi connectivity index (χ3v) is 6.88. The zero-order valence-corrected chi connectivity index (χ0v) is 18.3. The number of aromatic nitrogens is 1. The molecule has 1 saturated carbocycles. The summed E-state index contributed by atoms with van der Waals surface area (Å²) < 4.78 is 0. The molecular formula is C24H35N3O4. The lowest BCUT2D eigenvalue weighted by Gasteiger charge is -2.29. The second-order valence-electron chi connectivity index (χ2n) is 9.11. The van der Waals surface area contributed by atoms with Crippen molar-refractivity contribution in [2.24, 2.45) is 11.8 Å². The fraction of sp³-hybridized carbons (Fsp3) is 0.625. The maximum Gasteiger partial charge on any atom is 0.240 e. The first kappa shape index (κ1) is 22.3. The summed E-state index contributed by atoms with van der Waals surface area (Å²) in [5.41, 5.74) is 2.25. The van der Waals surface area contributed by atoms with Gasteiger partial charge in [-0.2, -0.15) is 5.06 Å². The summed E-state index contributed by atoms with van der Waals surface area (Å²) in [5, 5.41) is 26.2. The number of aliphatic hydroxyl groups is 2. The van der Waals surface area contributed by atoms with Crippen LogP contribution in [0.5, 0.6) is 0 Å². The van der Waals surface area contributed by atoms with Crippen LogP contribution in [0.3, 0.4) is 0 Å². The summed E-state index contributed by atoms with van der Waals surface area (Å²) in [6.45, 7) is 2.63. The van der Waals surface area contributed by atoms with E-state index in [4.69, 9.17) is 4.84 Å². The van der Waals surface area contributed by atoms with Gasteiger partial charge in [0.15, 0.2) is 0 Å². The molecule has 1 aliphatic carbocycles. The van der Waals surface area contributed by atoms with E-state index in [1.54, 1.807) is 12.0 Å². The van der Waals surface area contributed by atoms with Crippen LogP contribution in [0.2, 0.25) is 0 Å². The number of carbonyl (C=O) groups is 1. The molecule has 170 valence electrons. The van der Waals surface area contributed by atoms with Crippen LogP contribution in [0, 0.1) is 11.8 Å². The van der Waals surface area contributed by atoms with Crippen molar-refractivity contribution in [3.05, 3.63) is 36.0 Å². The van der Waals surface area contributed by atoms with E-state index < -0.39 is 24.2 Å². The van der Waals surface area contributed by atoms with Crippen LogP contribution in [0.25, 0.3) is 10.9 Å². The van der Waals surface area contributed by atoms with Crippen LogP contribution in [0.4, 0.5) is 0 Å². The van der Waals surface area contributed by atoms with E-state index in [2.05, 4.69) is 16.4 Å². The number of benzene rings is 1. The maximum atomic E-state index is 13.2. The Labute approximate surface area is 183 Å². The van der Waals surface area contributed by atoms with Gasteiger partial charge in [-0.1, -0.05) is 37.5 Å². The third kappa shape index (κ3) is 4.95.